The Morgan fingerprint density at radius 1 is 1.11 bits per heavy atom. The van der Waals surface area contributed by atoms with Crippen LogP contribution in [0.15, 0.2) is 40.9 Å². The van der Waals surface area contributed by atoms with Gasteiger partial charge in [0.1, 0.15) is 5.76 Å². The number of hydrogen-bond donors (Lipinski definition) is 1. The molecular formula is C26H37N5O4S. The van der Waals surface area contributed by atoms with Crippen LogP contribution < -0.4 is 5.32 Å². The molecule has 1 saturated carbocycles. The molecule has 36 heavy (non-hydrogen) atoms. The van der Waals surface area contributed by atoms with Crippen molar-refractivity contribution in [3.63, 3.8) is 0 Å². The highest BCUT2D eigenvalue weighted by molar-refractivity contribution is 7.86. The van der Waals surface area contributed by atoms with Gasteiger partial charge in [-0.15, -0.1) is 0 Å². The van der Waals surface area contributed by atoms with E-state index >= 15 is 0 Å². The van der Waals surface area contributed by atoms with E-state index in [1.165, 1.54) is 5.56 Å². The second-order valence-corrected chi connectivity index (χ2v) is 12.6. The van der Waals surface area contributed by atoms with E-state index in [4.69, 9.17) is 4.52 Å². The molecule has 196 valence electrons. The number of aromatic nitrogens is 1. The van der Waals surface area contributed by atoms with Gasteiger partial charge in [0.25, 0.3) is 16.1 Å². The number of likely N-dealkylation sites (tertiary alicyclic amines) is 1. The number of hydrogen-bond acceptors (Lipinski definition) is 6. The summed E-state index contributed by atoms with van der Waals surface area (Å²) >= 11 is 0. The van der Waals surface area contributed by atoms with Gasteiger partial charge >= 0.3 is 0 Å². The summed E-state index contributed by atoms with van der Waals surface area (Å²) in [5, 5.41) is 6.97. The Kier molecular flexibility index (Phi) is 7.48. The van der Waals surface area contributed by atoms with Gasteiger partial charge in [0, 0.05) is 63.8 Å². The van der Waals surface area contributed by atoms with E-state index in [9.17, 15) is 13.2 Å². The van der Waals surface area contributed by atoms with Crippen LogP contribution in [0.1, 0.15) is 66.8 Å². The number of amides is 1. The van der Waals surface area contributed by atoms with Gasteiger partial charge in [-0.05, 0) is 43.6 Å². The quantitative estimate of drug-likeness (QED) is 0.581. The SMILES string of the molecule is C[C@H]1CN(S(=O)(=O)N(C)C2CCN(Cc3ccccc3)CC2)CC[C@H]1NC(=O)c1cc(C2CC2)on1. The first kappa shape index (κ1) is 25.4. The number of nitrogens with zero attached hydrogens (tertiary/aromatic N) is 4. The number of carbonyl (C=O) groups is 1. The minimum absolute atomic E-state index is 0.00239. The van der Waals surface area contributed by atoms with Crippen LogP contribution in [0.25, 0.3) is 0 Å². The van der Waals surface area contributed by atoms with E-state index in [0.717, 1.165) is 51.1 Å². The van der Waals surface area contributed by atoms with Crippen LogP contribution in [0, 0.1) is 5.92 Å². The fourth-order valence-corrected chi connectivity index (χ4v) is 7.09. The molecule has 0 spiro atoms. The Morgan fingerprint density at radius 3 is 2.50 bits per heavy atom. The van der Waals surface area contributed by atoms with Crippen LogP contribution in [-0.2, 0) is 16.8 Å². The first-order valence-corrected chi connectivity index (χ1v) is 14.5. The highest BCUT2D eigenvalue weighted by atomic mass is 32.2. The Hall–Kier alpha value is -2.27. The van der Waals surface area contributed by atoms with Gasteiger partial charge in [-0.2, -0.15) is 17.0 Å². The monoisotopic (exact) mass is 515 g/mol. The second-order valence-electron chi connectivity index (χ2n) is 10.6. The number of nitrogens with one attached hydrogen (secondary N) is 1. The van der Waals surface area contributed by atoms with Crippen LogP contribution in [0.3, 0.4) is 0 Å². The van der Waals surface area contributed by atoms with E-state index in [0.29, 0.717) is 31.1 Å². The van der Waals surface area contributed by atoms with Crippen molar-refractivity contribution in [1.82, 2.24) is 24.0 Å². The second kappa shape index (κ2) is 10.6. The van der Waals surface area contributed by atoms with Crippen molar-refractivity contribution in [3.8, 4) is 0 Å². The maximum Gasteiger partial charge on any atom is 0.281 e. The molecule has 2 atom stereocenters. The van der Waals surface area contributed by atoms with Crippen LogP contribution in [0.4, 0.5) is 0 Å². The maximum atomic E-state index is 13.5. The predicted molar refractivity (Wildman–Crippen MR) is 137 cm³/mol. The first-order valence-electron chi connectivity index (χ1n) is 13.1. The minimum atomic E-state index is -3.57. The summed E-state index contributed by atoms with van der Waals surface area (Å²) in [6, 6.07) is 12.0. The van der Waals surface area contributed by atoms with Gasteiger partial charge in [-0.1, -0.05) is 42.4 Å². The van der Waals surface area contributed by atoms with Crippen molar-refractivity contribution in [2.75, 3.05) is 33.2 Å². The summed E-state index contributed by atoms with van der Waals surface area (Å²) in [5.74, 6) is 0.925. The van der Waals surface area contributed by atoms with E-state index in [2.05, 4.69) is 39.6 Å². The van der Waals surface area contributed by atoms with Gasteiger partial charge in [0.05, 0.1) is 0 Å². The van der Waals surface area contributed by atoms with Gasteiger partial charge in [-0.3, -0.25) is 9.69 Å². The lowest BCUT2D eigenvalue weighted by Gasteiger charge is -2.41. The standard InChI is InChI=1S/C26H37N5O4S/c1-19-17-31(15-12-23(19)27-26(32)24-16-25(35-28-24)21-8-9-21)36(33,34)29(2)22-10-13-30(14-11-22)18-20-6-4-3-5-7-20/h3-7,16,19,21-23H,8-15,17-18H2,1-2H3,(H,27,32)/t19-,23+/m0/s1. The molecule has 3 fully saturated rings. The van der Waals surface area contributed by atoms with Crippen LogP contribution in [-0.4, -0.2) is 78.3 Å². The molecule has 9 nitrogen and oxygen atoms in total. The van der Waals surface area contributed by atoms with Crippen LogP contribution in [0.2, 0.25) is 0 Å². The Labute approximate surface area is 214 Å². The summed E-state index contributed by atoms with van der Waals surface area (Å²) in [7, 11) is -1.85. The normalized spacial score (nSPS) is 24.8. The largest absolute Gasteiger partial charge is 0.360 e. The average Bonchev–Trinajstić information content (AvgIpc) is 3.61. The smallest absolute Gasteiger partial charge is 0.281 e. The number of rotatable bonds is 8. The van der Waals surface area contributed by atoms with Crippen LogP contribution in [0.5, 0.6) is 0 Å². The highest BCUT2D eigenvalue weighted by Crippen LogP contribution is 2.40. The minimum Gasteiger partial charge on any atom is -0.360 e. The third-order valence-electron chi connectivity index (χ3n) is 7.94. The van der Waals surface area contributed by atoms with E-state index < -0.39 is 10.2 Å². The molecule has 1 N–H and O–H groups in total. The zero-order valence-electron chi connectivity index (χ0n) is 21.2. The lowest BCUT2D eigenvalue weighted by molar-refractivity contribution is 0.0889. The number of carbonyl (C=O) groups excluding carboxylic acids is 1. The van der Waals surface area contributed by atoms with Gasteiger partial charge < -0.3 is 9.84 Å². The molecule has 3 aliphatic rings. The van der Waals surface area contributed by atoms with Crippen molar-refractivity contribution in [2.24, 2.45) is 5.92 Å². The van der Waals surface area contributed by atoms with E-state index in [-0.39, 0.29) is 23.9 Å². The lowest BCUT2D eigenvalue weighted by Crippen LogP contribution is -2.56. The molecule has 0 radical (unpaired) electrons. The molecule has 1 amide bonds. The predicted octanol–water partition coefficient (Wildman–Crippen LogP) is 2.83. The fraction of sp³-hybridized carbons (Fsp3) is 0.615. The molecule has 1 aliphatic carbocycles. The molecule has 2 aliphatic heterocycles. The third-order valence-corrected chi connectivity index (χ3v) is 9.95. The molecule has 3 heterocycles. The average molecular weight is 516 g/mol. The van der Waals surface area contributed by atoms with Crippen molar-refractivity contribution in [1.29, 1.82) is 0 Å². The molecule has 2 aromatic rings. The summed E-state index contributed by atoms with van der Waals surface area (Å²) in [6.07, 6.45) is 4.39. The topological polar surface area (TPSA) is 99.0 Å². The van der Waals surface area contributed by atoms with Crippen molar-refractivity contribution < 1.29 is 17.7 Å². The summed E-state index contributed by atoms with van der Waals surface area (Å²) < 4.78 is 35.4. The Morgan fingerprint density at radius 2 is 1.83 bits per heavy atom. The van der Waals surface area contributed by atoms with Gasteiger partial charge in [0.2, 0.25) is 0 Å². The molecule has 5 rings (SSSR count). The summed E-state index contributed by atoms with van der Waals surface area (Å²) in [6.45, 7) is 5.44. The fourth-order valence-electron chi connectivity index (χ4n) is 5.38. The number of benzene rings is 1. The lowest BCUT2D eigenvalue weighted by atomic mass is 9.95. The van der Waals surface area contributed by atoms with E-state index in [1.54, 1.807) is 21.7 Å². The molecule has 0 bridgehead atoms. The zero-order valence-corrected chi connectivity index (χ0v) is 22.0. The van der Waals surface area contributed by atoms with E-state index in [1.807, 2.05) is 13.0 Å². The molecule has 0 unspecified atom stereocenters. The molecule has 2 saturated heterocycles. The molecule has 1 aromatic heterocycles. The molecule has 1 aromatic carbocycles. The van der Waals surface area contributed by atoms with Gasteiger partial charge in [0.15, 0.2) is 5.69 Å². The van der Waals surface area contributed by atoms with Crippen molar-refractivity contribution in [3.05, 3.63) is 53.4 Å². The zero-order chi connectivity index (χ0) is 25.3. The van der Waals surface area contributed by atoms with Crippen molar-refractivity contribution >= 4 is 16.1 Å². The van der Waals surface area contributed by atoms with Crippen molar-refractivity contribution in [2.45, 2.75) is 63.6 Å². The maximum absolute atomic E-state index is 13.5. The molecular weight excluding hydrogens is 478 g/mol. The number of piperidine rings is 2. The highest BCUT2D eigenvalue weighted by Gasteiger charge is 2.39. The summed E-state index contributed by atoms with van der Waals surface area (Å²) in [4.78, 5) is 15.1. The molecule has 10 heteroatoms. The van der Waals surface area contributed by atoms with Crippen LogP contribution >= 0.6 is 0 Å². The third kappa shape index (κ3) is 5.66. The Balaban J connectivity index is 1.11. The Bertz CT molecular complexity index is 1140. The summed E-state index contributed by atoms with van der Waals surface area (Å²) in [5.41, 5.74) is 1.59. The first-order chi connectivity index (χ1) is 17.3. The van der Waals surface area contributed by atoms with Gasteiger partial charge in [-0.25, -0.2) is 0 Å².